The molecule has 1 N–H and O–H groups in total. The minimum Gasteiger partial charge on any atom is -0.400 e. The molecule has 11 heteroatoms. The summed E-state index contributed by atoms with van der Waals surface area (Å²) in [5.74, 6) is -1.23. The maximum Gasteiger partial charge on any atom is 0.306 e. The van der Waals surface area contributed by atoms with Crippen LogP contribution in [0.1, 0.15) is 61.0 Å². The first-order chi connectivity index (χ1) is 18.6. The lowest BCUT2D eigenvalue weighted by Crippen LogP contribution is -2.44. The van der Waals surface area contributed by atoms with Crippen LogP contribution >= 0.6 is 23.2 Å². The Bertz CT molecular complexity index is 1550. The van der Waals surface area contributed by atoms with Crippen LogP contribution in [-0.2, 0) is 14.5 Å². The third kappa shape index (κ3) is 8.45. The van der Waals surface area contributed by atoms with Crippen LogP contribution in [0.2, 0.25) is 23.1 Å². The van der Waals surface area contributed by atoms with Gasteiger partial charge in [-0.05, 0) is 65.9 Å². The Morgan fingerprint density at radius 2 is 1.77 bits per heavy atom. The number of nitrogens with one attached hydrogen (secondary N) is 1. The fourth-order valence-corrected chi connectivity index (χ4v) is 6.05. The second kappa shape index (κ2) is 12.9. The van der Waals surface area contributed by atoms with E-state index in [2.05, 4.69) is 26.1 Å². The molecule has 1 amide bonds. The van der Waals surface area contributed by atoms with Gasteiger partial charge in [0.05, 0.1) is 27.4 Å². The summed E-state index contributed by atoms with van der Waals surface area (Å²) >= 11 is 12.6. The standard InChI is InChI=1S/C29H34Cl2N2O5SSi/c1-29(2,3)14-13-22(19-11-12-23(30)24(31)16-19)28(38-40(5)6)33-27(34)25-21-10-8-7-9-18(21)15-20(17-32)26(25)37-39(4,35)36/h7-12,15-16,22,28,40H,13-14H2,1-6H3,(H,33,34). The predicted octanol–water partition coefficient (Wildman–Crippen LogP) is 7.02. The van der Waals surface area contributed by atoms with Crippen molar-refractivity contribution in [2.75, 3.05) is 6.26 Å². The quantitative estimate of drug-likeness (QED) is 0.148. The zero-order chi connectivity index (χ0) is 29.8. The number of rotatable bonds is 10. The third-order valence-electron chi connectivity index (χ3n) is 6.22. The monoisotopic (exact) mass is 620 g/mol. The molecular formula is C29H34Cl2N2O5SSi. The van der Waals surface area contributed by atoms with Crippen molar-refractivity contribution >= 4 is 59.0 Å². The number of carbonyl (C=O) groups is 1. The Labute approximate surface area is 248 Å². The van der Waals surface area contributed by atoms with E-state index in [0.717, 1.165) is 18.2 Å². The molecule has 3 aromatic carbocycles. The molecule has 0 aliphatic rings. The summed E-state index contributed by atoms with van der Waals surface area (Å²) < 4.78 is 36.0. The minimum atomic E-state index is -4.06. The van der Waals surface area contributed by atoms with Crippen molar-refractivity contribution in [3.8, 4) is 11.8 Å². The number of hydrogen-bond donors (Lipinski definition) is 1. The Kier molecular flexibility index (Phi) is 10.3. The van der Waals surface area contributed by atoms with E-state index in [4.69, 9.17) is 31.8 Å². The summed E-state index contributed by atoms with van der Waals surface area (Å²) in [6.45, 7) is 10.4. The van der Waals surface area contributed by atoms with E-state index in [0.29, 0.717) is 27.2 Å². The molecule has 0 radical (unpaired) electrons. The van der Waals surface area contributed by atoms with Gasteiger partial charge in [0.15, 0.2) is 14.8 Å². The lowest BCUT2D eigenvalue weighted by atomic mass is 9.83. The van der Waals surface area contributed by atoms with E-state index in [1.54, 1.807) is 36.4 Å². The Hall–Kier alpha value is -2.61. The largest absolute Gasteiger partial charge is 0.400 e. The Morgan fingerprint density at radius 3 is 2.35 bits per heavy atom. The highest BCUT2D eigenvalue weighted by atomic mass is 35.5. The molecule has 0 fully saturated rings. The van der Waals surface area contributed by atoms with Crippen LogP contribution in [0, 0.1) is 16.7 Å². The average Bonchev–Trinajstić information content (AvgIpc) is 2.83. The number of benzene rings is 3. The van der Waals surface area contributed by atoms with E-state index in [1.807, 2.05) is 25.2 Å². The van der Waals surface area contributed by atoms with E-state index in [1.165, 1.54) is 6.07 Å². The van der Waals surface area contributed by atoms with Crippen molar-refractivity contribution in [1.29, 1.82) is 5.26 Å². The van der Waals surface area contributed by atoms with Gasteiger partial charge in [-0.25, -0.2) is 0 Å². The summed E-state index contributed by atoms with van der Waals surface area (Å²) in [5, 5.41) is 14.7. The lowest BCUT2D eigenvalue weighted by Gasteiger charge is -2.32. The van der Waals surface area contributed by atoms with E-state index in [-0.39, 0.29) is 28.2 Å². The molecule has 2 unspecified atom stereocenters. The van der Waals surface area contributed by atoms with Crippen LogP contribution in [0.15, 0.2) is 48.5 Å². The first kappa shape index (κ1) is 31.9. The van der Waals surface area contributed by atoms with Crippen LogP contribution < -0.4 is 9.50 Å². The van der Waals surface area contributed by atoms with Gasteiger partial charge in [-0.1, -0.05) is 74.3 Å². The van der Waals surface area contributed by atoms with Crippen LogP contribution in [0.25, 0.3) is 10.8 Å². The molecule has 40 heavy (non-hydrogen) atoms. The van der Waals surface area contributed by atoms with Crippen molar-refractivity contribution in [3.63, 3.8) is 0 Å². The van der Waals surface area contributed by atoms with Crippen LogP contribution in [0.5, 0.6) is 5.75 Å². The molecule has 0 bridgehead atoms. The van der Waals surface area contributed by atoms with Crippen molar-refractivity contribution in [1.82, 2.24) is 5.32 Å². The average molecular weight is 622 g/mol. The van der Waals surface area contributed by atoms with Crippen LogP contribution in [-0.4, -0.2) is 35.8 Å². The molecule has 214 valence electrons. The maximum atomic E-state index is 14.1. The van der Waals surface area contributed by atoms with Gasteiger partial charge < -0.3 is 13.9 Å². The molecule has 0 aliphatic carbocycles. The van der Waals surface area contributed by atoms with Crippen molar-refractivity contribution < 1.29 is 21.8 Å². The molecule has 3 rings (SSSR count). The van der Waals surface area contributed by atoms with Crippen LogP contribution in [0.3, 0.4) is 0 Å². The minimum absolute atomic E-state index is 0.00606. The number of hydrogen-bond acceptors (Lipinski definition) is 6. The highest BCUT2D eigenvalue weighted by Crippen LogP contribution is 2.37. The first-order valence-corrected chi connectivity index (χ1v) is 18.2. The molecule has 0 aromatic heterocycles. The topological polar surface area (TPSA) is 105 Å². The van der Waals surface area contributed by atoms with E-state index in [9.17, 15) is 18.5 Å². The van der Waals surface area contributed by atoms with Gasteiger partial charge in [0.1, 0.15) is 12.3 Å². The van der Waals surface area contributed by atoms with Gasteiger partial charge in [-0.15, -0.1) is 0 Å². The molecule has 7 nitrogen and oxygen atoms in total. The summed E-state index contributed by atoms with van der Waals surface area (Å²) in [4.78, 5) is 14.1. The first-order valence-electron chi connectivity index (χ1n) is 12.9. The van der Waals surface area contributed by atoms with Gasteiger partial charge in [0, 0.05) is 5.92 Å². The zero-order valence-corrected chi connectivity index (χ0v) is 26.9. The molecular weight excluding hydrogens is 587 g/mol. The zero-order valence-electron chi connectivity index (χ0n) is 23.4. The van der Waals surface area contributed by atoms with Crippen molar-refractivity contribution in [2.24, 2.45) is 5.41 Å². The number of nitriles is 1. The summed E-state index contributed by atoms with van der Waals surface area (Å²) in [7, 11) is -5.77. The van der Waals surface area contributed by atoms with Gasteiger partial charge in [0.25, 0.3) is 5.91 Å². The smallest absolute Gasteiger partial charge is 0.306 e. The number of fused-ring (bicyclic) bond motifs is 1. The fraction of sp³-hybridized carbons (Fsp3) is 0.379. The molecule has 3 aromatic rings. The highest BCUT2D eigenvalue weighted by molar-refractivity contribution is 7.86. The second-order valence-electron chi connectivity index (χ2n) is 11.2. The van der Waals surface area contributed by atoms with Crippen LogP contribution in [0.4, 0.5) is 0 Å². The molecule has 2 atom stereocenters. The molecule has 0 saturated heterocycles. The summed E-state index contributed by atoms with van der Waals surface area (Å²) in [6, 6.07) is 15.8. The number of nitrogens with zero attached hydrogens (tertiary/aromatic N) is 1. The summed E-state index contributed by atoms with van der Waals surface area (Å²) in [6.07, 6.45) is 1.59. The Morgan fingerprint density at radius 1 is 1.10 bits per heavy atom. The van der Waals surface area contributed by atoms with Crippen molar-refractivity contribution in [2.45, 2.75) is 58.9 Å². The van der Waals surface area contributed by atoms with Gasteiger partial charge >= 0.3 is 10.1 Å². The molecule has 0 saturated carbocycles. The second-order valence-corrected chi connectivity index (χ2v) is 16.0. The van der Waals surface area contributed by atoms with Gasteiger partial charge in [-0.2, -0.15) is 13.7 Å². The predicted molar refractivity (Wildman–Crippen MR) is 163 cm³/mol. The molecule has 0 heterocycles. The third-order valence-corrected chi connectivity index (χ3v) is 8.26. The summed E-state index contributed by atoms with van der Waals surface area (Å²) in [5.41, 5.74) is 0.731. The fourth-order valence-electron chi connectivity index (χ4n) is 4.42. The SMILES string of the molecule is C[SiH](C)OC(NC(=O)c1c(OS(C)(=O)=O)c(C#N)cc2ccccc12)C(CCC(C)(C)C)c1ccc(Cl)c(Cl)c1. The van der Waals surface area contributed by atoms with Gasteiger partial charge in [-0.3, -0.25) is 4.79 Å². The lowest BCUT2D eigenvalue weighted by molar-refractivity contribution is 0.0759. The number of halogens is 2. The van der Waals surface area contributed by atoms with Crippen molar-refractivity contribution in [3.05, 3.63) is 75.3 Å². The van der Waals surface area contributed by atoms with E-state index >= 15 is 0 Å². The molecule has 0 spiro atoms. The highest BCUT2D eigenvalue weighted by Gasteiger charge is 2.31. The van der Waals surface area contributed by atoms with Gasteiger partial charge in [0.2, 0.25) is 0 Å². The molecule has 0 aliphatic heterocycles. The normalized spacial score (nSPS) is 13.6. The maximum absolute atomic E-state index is 14.1. The Balaban J connectivity index is 2.18. The number of carbonyl (C=O) groups excluding carboxylic acids is 1. The number of amides is 1. The van der Waals surface area contributed by atoms with E-state index < -0.39 is 31.3 Å².